The normalized spacial score (nSPS) is 10.5. The molecule has 0 aromatic heterocycles. The van der Waals surface area contributed by atoms with Gasteiger partial charge < -0.3 is 15.5 Å². The van der Waals surface area contributed by atoms with Crippen molar-refractivity contribution in [2.45, 2.75) is 12.8 Å². The summed E-state index contributed by atoms with van der Waals surface area (Å²) in [4.78, 5) is 25.4. The van der Waals surface area contributed by atoms with Crippen LogP contribution >= 0.6 is 0 Å². The zero-order valence-corrected chi connectivity index (χ0v) is 16.2. The van der Waals surface area contributed by atoms with Crippen LogP contribution in [0, 0.1) is 0 Å². The number of carbonyl (C=O) groups is 2. The minimum absolute atomic E-state index is 0.108. The van der Waals surface area contributed by atoms with Crippen molar-refractivity contribution >= 4 is 34.0 Å². The number of hydrogen-bond acceptors (Lipinski definition) is 3. The molecule has 144 valence electrons. The third kappa shape index (κ3) is 5.33. The largest absolute Gasteiger partial charge is 0.376 e. The summed E-state index contributed by atoms with van der Waals surface area (Å²) in [6.45, 7) is 0.192. The lowest BCUT2D eigenvalue weighted by Crippen LogP contribution is -2.22. The summed E-state index contributed by atoms with van der Waals surface area (Å²) in [6, 6.07) is 21.8. The average molecular weight is 375 g/mol. The summed E-state index contributed by atoms with van der Waals surface area (Å²) in [5, 5.41) is 8.35. The van der Waals surface area contributed by atoms with Gasteiger partial charge in [0.1, 0.15) is 0 Å². The van der Waals surface area contributed by atoms with Crippen LogP contribution in [-0.4, -0.2) is 37.4 Å². The lowest BCUT2D eigenvalue weighted by atomic mass is 10.1. The zero-order chi connectivity index (χ0) is 19.9. The molecule has 28 heavy (non-hydrogen) atoms. The van der Waals surface area contributed by atoms with Gasteiger partial charge in [-0.25, -0.2) is 0 Å². The summed E-state index contributed by atoms with van der Waals surface area (Å²) >= 11 is 0. The minimum atomic E-state index is -0.108. The highest BCUT2D eigenvalue weighted by molar-refractivity contribution is 5.94. The van der Waals surface area contributed by atoms with Crippen LogP contribution in [0.5, 0.6) is 0 Å². The molecule has 0 saturated carbocycles. The molecule has 5 nitrogen and oxygen atoms in total. The molecule has 0 saturated heterocycles. The Morgan fingerprint density at radius 1 is 0.857 bits per heavy atom. The Morgan fingerprint density at radius 3 is 2.25 bits per heavy atom. The Morgan fingerprint density at radius 2 is 1.54 bits per heavy atom. The van der Waals surface area contributed by atoms with Crippen LogP contribution < -0.4 is 10.6 Å². The van der Waals surface area contributed by atoms with Crippen LogP contribution in [0.1, 0.15) is 12.0 Å². The van der Waals surface area contributed by atoms with E-state index in [1.165, 1.54) is 5.39 Å². The molecule has 0 atom stereocenters. The van der Waals surface area contributed by atoms with E-state index in [1.54, 1.807) is 19.0 Å². The fourth-order valence-corrected chi connectivity index (χ4v) is 2.92. The van der Waals surface area contributed by atoms with Crippen molar-refractivity contribution in [1.82, 2.24) is 4.90 Å². The smallest absolute Gasteiger partial charge is 0.243 e. The number of anilines is 2. The van der Waals surface area contributed by atoms with Gasteiger partial charge in [0.25, 0.3) is 0 Å². The SMILES string of the molecule is CN(C)C(=O)CCc1ccc(NC(=O)CNc2ccc3ccccc3c2)cc1. The second-order valence-electron chi connectivity index (χ2n) is 6.95. The molecule has 0 heterocycles. The molecule has 3 aromatic carbocycles. The van der Waals surface area contributed by atoms with Gasteiger partial charge in [0.2, 0.25) is 11.8 Å². The zero-order valence-electron chi connectivity index (χ0n) is 16.2. The van der Waals surface area contributed by atoms with E-state index < -0.39 is 0 Å². The second kappa shape index (κ2) is 9.04. The molecule has 3 aromatic rings. The summed E-state index contributed by atoms with van der Waals surface area (Å²) < 4.78 is 0. The maximum Gasteiger partial charge on any atom is 0.243 e. The van der Waals surface area contributed by atoms with Crippen molar-refractivity contribution in [1.29, 1.82) is 0 Å². The van der Waals surface area contributed by atoms with Crippen molar-refractivity contribution in [3.8, 4) is 0 Å². The second-order valence-corrected chi connectivity index (χ2v) is 6.95. The molecule has 0 bridgehead atoms. The monoisotopic (exact) mass is 375 g/mol. The van der Waals surface area contributed by atoms with Crippen LogP contribution in [0.4, 0.5) is 11.4 Å². The predicted octanol–water partition coefficient (Wildman–Crippen LogP) is 3.91. The van der Waals surface area contributed by atoms with Gasteiger partial charge >= 0.3 is 0 Å². The fraction of sp³-hybridized carbons (Fsp3) is 0.217. The van der Waals surface area contributed by atoms with Crippen molar-refractivity contribution in [2.75, 3.05) is 31.3 Å². The number of nitrogens with zero attached hydrogens (tertiary/aromatic N) is 1. The summed E-state index contributed by atoms with van der Waals surface area (Å²) in [6.07, 6.45) is 1.17. The van der Waals surface area contributed by atoms with E-state index in [0.717, 1.165) is 22.3 Å². The molecular formula is C23H25N3O2. The van der Waals surface area contributed by atoms with Crippen molar-refractivity contribution in [2.24, 2.45) is 0 Å². The van der Waals surface area contributed by atoms with Gasteiger partial charge in [-0.1, -0.05) is 42.5 Å². The summed E-state index contributed by atoms with van der Waals surface area (Å²) in [5.41, 5.74) is 2.73. The molecule has 0 aliphatic rings. The van der Waals surface area contributed by atoms with E-state index in [9.17, 15) is 9.59 Å². The standard InChI is InChI=1S/C23H25N3O2/c1-26(2)23(28)14-9-17-7-11-20(12-8-17)25-22(27)16-24-21-13-10-18-5-3-4-6-19(18)15-21/h3-8,10-13,15,24H,9,14,16H2,1-2H3,(H,25,27). The first-order valence-electron chi connectivity index (χ1n) is 9.33. The van der Waals surface area contributed by atoms with E-state index in [2.05, 4.69) is 16.7 Å². The molecule has 0 aliphatic heterocycles. The van der Waals surface area contributed by atoms with E-state index in [-0.39, 0.29) is 18.4 Å². The Balaban J connectivity index is 1.49. The molecule has 0 radical (unpaired) electrons. The van der Waals surface area contributed by atoms with Crippen LogP contribution in [0.15, 0.2) is 66.7 Å². The lowest BCUT2D eigenvalue weighted by Gasteiger charge is -2.11. The molecular weight excluding hydrogens is 350 g/mol. The highest BCUT2D eigenvalue weighted by Gasteiger charge is 2.06. The molecule has 0 unspecified atom stereocenters. The first-order valence-corrected chi connectivity index (χ1v) is 9.33. The number of fused-ring (bicyclic) bond motifs is 1. The van der Waals surface area contributed by atoms with Gasteiger partial charge in [-0.3, -0.25) is 9.59 Å². The Labute approximate surface area is 165 Å². The fourth-order valence-electron chi connectivity index (χ4n) is 2.92. The van der Waals surface area contributed by atoms with Crippen LogP contribution in [-0.2, 0) is 16.0 Å². The molecule has 2 N–H and O–H groups in total. The van der Waals surface area contributed by atoms with Crippen molar-refractivity contribution in [3.63, 3.8) is 0 Å². The van der Waals surface area contributed by atoms with Gasteiger partial charge in [0, 0.05) is 31.9 Å². The predicted molar refractivity (Wildman–Crippen MR) is 115 cm³/mol. The summed E-state index contributed by atoms with van der Waals surface area (Å²) in [5.74, 6) is 0.000776. The Hall–Kier alpha value is -3.34. The quantitative estimate of drug-likeness (QED) is 0.658. The Kier molecular flexibility index (Phi) is 6.27. The van der Waals surface area contributed by atoms with Crippen LogP contribution in [0.25, 0.3) is 10.8 Å². The van der Waals surface area contributed by atoms with E-state index >= 15 is 0 Å². The topological polar surface area (TPSA) is 61.4 Å². The molecule has 2 amide bonds. The number of aryl methyl sites for hydroxylation is 1. The third-order valence-electron chi connectivity index (χ3n) is 4.57. The Bertz CT molecular complexity index is 965. The van der Waals surface area contributed by atoms with Gasteiger partial charge in [-0.2, -0.15) is 0 Å². The van der Waals surface area contributed by atoms with Gasteiger partial charge in [0.15, 0.2) is 0 Å². The number of hydrogen-bond donors (Lipinski definition) is 2. The van der Waals surface area contributed by atoms with Crippen molar-refractivity contribution in [3.05, 3.63) is 72.3 Å². The van der Waals surface area contributed by atoms with Crippen LogP contribution in [0.3, 0.4) is 0 Å². The highest BCUT2D eigenvalue weighted by atomic mass is 16.2. The van der Waals surface area contributed by atoms with E-state index in [0.29, 0.717) is 12.8 Å². The molecule has 0 spiro atoms. The molecule has 0 aliphatic carbocycles. The maximum absolute atomic E-state index is 12.2. The highest BCUT2D eigenvalue weighted by Crippen LogP contribution is 2.18. The first kappa shape index (κ1) is 19.4. The van der Waals surface area contributed by atoms with Crippen molar-refractivity contribution < 1.29 is 9.59 Å². The number of rotatable bonds is 7. The molecule has 5 heteroatoms. The lowest BCUT2D eigenvalue weighted by molar-refractivity contribution is -0.128. The first-order chi connectivity index (χ1) is 13.5. The van der Waals surface area contributed by atoms with Gasteiger partial charge in [0.05, 0.1) is 6.54 Å². The van der Waals surface area contributed by atoms with E-state index in [4.69, 9.17) is 0 Å². The van der Waals surface area contributed by atoms with Gasteiger partial charge in [-0.15, -0.1) is 0 Å². The third-order valence-corrected chi connectivity index (χ3v) is 4.57. The van der Waals surface area contributed by atoms with Crippen LogP contribution in [0.2, 0.25) is 0 Å². The number of benzene rings is 3. The molecule has 3 rings (SSSR count). The van der Waals surface area contributed by atoms with E-state index in [1.807, 2.05) is 60.7 Å². The van der Waals surface area contributed by atoms with Gasteiger partial charge in [-0.05, 0) is 47.0 Å². The minimum Gasteiger partial charge on any atom is -0.376 e. The number of carbonyl (C=O) groups excluding carboxylic acids is 2. The maximum atomic E-state index is 12.2. The average Bonchev–Trinajstić information content (AvgIpc) is 2.71. The number of amides is 2. The summed E-state index contributed by atoms with van der Waals surface area (Å²) in [7, 11) is 3.51. The molecule has 0 fully saturated rings. The number of nitrogens with one attached hydrogen (secondary N) is 2.